The molecule has 0 radical (unpaired) electrons. The highest BCUT2D eigenvalue weighted by molar-refractivity contribution is 6.19. The molecule has 314 valence electrons. The second-order valence-electron chi connectivity index (χ2n) is 14.8. The molecule has 0 saturated heterocycles. The molecule has 0 saturated carbocycles. The number of primary amides is 1. The van der Waals surface area contributed by atoms with Gasteiger partial charge in [-0.05, 0) is 60.2 Å². The first-order valence-corrected chi connectivity index (χ1v) is 20.1. The molecule has 0 aliphatic carbocycles. The van der Waals surface area contributed by atoms with E-state index in [-0.39, 0.29) is 74.5 Å². The van der Waals surface area contributed by atoms with Crippen molar-refractivity contribution in [1.82, 2.24) is 20.9 Å². The highest BCUT2D eigenvalue weighted by Crippen LogP contribution is 2.45. The van der Waals surface area contributed by atoms with Crippen LogP contribution in [-0.2, 0) is 30.6 Å². The fraction of sp³-hybridized carbons (Fsp3) is 0.405. The van der Waals surface area contributed by atoms with Crippen LogP contribution in [0.25, 0.3) is 10.8 Å². The van der Waals surface area contributed by atoms with Crippen LogP contribution in [0.5, 0.6) is 5.75 Å². The lowest BCUT2D eigenvalue weighted by Gasteiger charge is -2.25. The van der Waals surface area contributed by atoms with Crippen LogP contribution in [0.15, 0.2) is 66.7 Å². The highest BCUT2D eigenvalue weighted by Gasteiger charge is 2.35. The van der Waals surface area contributed by atoms with E-state index in [1.165, 1.54) is 17.1 Å². The number of carbonyl (C=O) groups excluding carboxylic acids is 6. The van der Waals surface area contributed by atoms with Crippen LogP contribution in [0.3, 0.4) is 0 Å². The minimum atomic E-state index is -1.07. The Bertz CT molecular complexity index is 2070. The Labute approximate surface area is 346 Å². The first-order chi connectivity index (χ1) is 28.3. The number of benzene rings is 3. The molecule has 8 amide bonds. The molecule has 2 heterocycles. The Morgan fingerprint density at radius 3 is 2.25 bits per heavy atom. The van der Waals surface area contributed by atoms with Crippen molar-refractivity contribution in [3.05, 3.63) is 77.9 Å². The number of nitrogens with two attached hydrogens (primary N) is 1. The van der Waals surface area contributed by atoms with Crippen LogP contribution in [0.2, 0.25) is 0 Å². The predicted octanol–water partition coefficient (Wildman–Crippen LogP) is 4.74. The number of rotatable bonds is 20. The summed E-state index contributed by atoms with van der Waals surface area (Å²) >= 11 is 6.25. The fourth-order valence-corrected chi connectivity index (χ4v) is 7.38. The lowest BCUT2D eigenvalue weighted by Crippen LogP contribution is -2.54. The van der Waals surface area contributed by atoms with Crippen LogP contribution >= 0.6 is 11.6 Å². The van der Waals surface area contributed by atoms with Crippen molar-refractivity contribution in [1.29, 1.82) is 0 Å². The van der Waals surface area contributed by atoms with Gasteiger partial charge in [0.1, 0.15) is 24.4 Å². The molecular weight excluding hydrogens is 782 g/mol. The second-order valence-corrected chi connectivity index (χ2v) is 15.1. The molecular formula is C42H50ClN7O9. The normalized spacial score (nSPS) is 15.6. The van der Waals surface area contributed by atoms with E-state index in [0.717, 1.165) is 26.8 Å². The summed E-state index contributed by atoms with van der Waals surface area (Å²) in [7, 11) is 0. The molecule has 3 aromatic carbocycles. The Morgan fingerprint density at radius 1 is 0.915 bits per heavy atom. The van der Waals surface area contributed by atoms with E-state index in [2.05, 4.69) is 21.3 Å². The summed E-state index contributed by atoms with van der Waals surface area (Å²) in [5, 5.41) is 22.4. The van der Waals surface area contributed by atoms with Gasteiger partial charge in [-0.2, -0.15) is 0 Å². The van der Waals surface area contributed by atoms with Gasteiger partial charge in [0.05, 0.1) is 5.69 Å². The van der Waals surface area contributed by atoms with Crippen LogP contribution in [0.4, 0.5) is 21.0 Å². The lowest BCUT2D eigenvalue weighted by molar-refractivity contribution is -0.137. The van der Waals surface area contributed by atoms with Crippen molar-refractivity contribution in [3.63, 3.8) is 0 Å². The summed E-state index contributed by atoms with van der Waals surface area (Å²) in [5.74, 6) is -1.79. The largest absolute Gasteiger partial charge is 0.488 e. The van der Waals surface area contributed by atoms with E-state index in [0.29, 0.717) is 42.8 Å². The minimum absolute atomic E-state index is 0.128. The Hall–Kier alpha value is -6.16. The van der Waals surface area contributed by atoms with Crippen LogP contribution in [0, 0.1) is 5.92 Å². The van der Waals surface area contributed by atoms with E-state index in [1.54, 1.807) is 44.2 Å². The maximum atomic E-state index is 13.6. The van der Waals surface area contributed by atoms with Crippen molar-refractivity contribution in [2.75, 3.05) is 35.7 Å². The quantitative estimate of drug-likeness (QED) is 0.0524. The van der Waals surface area contributed by atoms with Gasteiger partial charge in [-0.3, -0.25) is 33.8 Å². The monoisotopic (exact) mass is 831 g/mol. The maximum Gasteiger partial charge on any atom is 0.411 e. The highest BCUT2D eigenvalue weighted by atomic mass is 35.5. The van der Waals surface area contributed by atoms with Gasteiger partial charge in [-0.1, -0.05) is 56.7 Å². The minimum Gasteiger partial charge on any atom is -0.488 e. The summed E-state index contributed by atoms with van der Waals surface area (Å²) in [6.07, 6.45) is 3.59. The van der Waals surface area contributed by atoms with Gasteiger partial charge in [-0.25, -0.2) is 9.59 Å². The number of fused-ring (bicyclic) bond motifs is 3. The Balaban J connectivity index is 1.18. The molecule has 7 N–H and O–H groups in total. The number of amides is 8. The first kappa shape index (κ1) is 44.0. The van der Waals surface area contributed by atoms with Crippen molar-refractivity contribution in [3.8, 4) is 5.75 Å². The number of hydrogen-bond acceptors (Lipinski definition) is 8. The van der Waals surface area contributed by atoms with Gasteiger partial charge >= 0.3 is 12.1 Å². The molecule has 2 aliphatic heterocycles. The van der Waals surface area contributed by atoms with Gasteiger partial charge in [0.15, 0.2) is 0 Å². The summed E-state index contributed by atoms with van der Waals surface area (Å²) in [4.78, 5) is 89.2. The predicted molar refractivity (Wildman–Crippen MR) is 222 cm³/mol. The molecule has 0 aromatic heterocycles. The topological polar surface area (TPSA) is 230 Å². The molecule has 2 aliphatic rings. The number of carbonyl (C=O) groups is 7. The van der Waals surface area contributed by atoms with E-state index in [4.69, 9.17) is 22.1 Å². The third-order valence-electron chi connectivity index (χ3n) is 10.2. The number of unbranched alkanes of at least 4 members (excludes halogenated alkanes) is 2. The average Bonchev–Trinajstić information content (AvgIpc) is 3.75. The molecule has 0 spiro atoms. The summed E-state index contributed by atoms with van der Waals surface area (Å²) in [6.45, 7) is 4.39. The fourth-order valence-electron chi connectivity index (χ4n) is 7.13. The first-order valence-electron chi connectivity index (χ1n) is 19.6. The van der Waals surface area contributed by atoms with Crippen molar-refractivity contribution in [2.24, 2.45) is 11.7 Å². The number of urea groups is 1. The van der Waals surface area contributed by atoms with Gasteiger partial charge in [-0.15, -0.1) is 11.6 Å². The SMILES string of the molecule is CC(C)C(NC(=O)CCCCCN1C(=O)C=CC1=O)C(=O)NC(CCCNC(N)=O)C(=O)Nc1ccc(COc2cc3c(c4ccccc24)C(CCl)CN3C(=O)O)cc1. The van der Waals surface area contributed by atoms with E-state index >= 15 is 0 Å². The maximum absolute atomic E-state index is 13.6. The molecule has 16 nitrogen and oxygen atoms in total. The standard InChI is InChI=1S/C42H50ClN7O9/c1-25(2)38(48-34(51)12-4-3-7-20-49-35(52)17-18-36(49)53)40(55)47-31(11-8-19-45-41(44)56)39(54)46-28-15-13-26(14-16-28)24-59-33-21-32-37(30-10-6-5-9-29(30)33)27(22-43)23-50(32)42(57)58/h5-6,9-10,13-18,21,25,27,31,38H,3-4,7-8,11-12,19-20,22-24H2,1-2H3,(H,46,54)(H,47,55)(H,48,51)(H,57,58)(H3,44,45,56). The molecule has 3 atom stereocenters. The van der Waals surface area contributed by atoms with E-state index in [9.17, 15) is 38.7 Å². The molecule has 3 aromatic rings. The molecule has 3 unspecified atom stereocenters. The van der Waals surface area contributed by atoms with Gasteiger partial charge in [0, 0.05) is 67.1 Å². The number of hydrogen-bond donors (Lipinski definition) is 6. The Morgan fingerprint density at radius 2 is 1.61 bits per heavy atom. The smallest absolute Gasteiger partial charge is 0.411 e. The zero-order valence-electron chi connectivity index (χ0n) is 33.0. The lowest BCUT2D eigenvalue weighted by atomic mass is 9.95. The van der Waals surface area contributed by atoms with Crippen molar-refractivity contribution < 1.29 is 43.4 Å². The molecule has 0 fully saturated rings. The number of nitrogens with zero attached hydrogens (tertiary/aromatic N) is 2. The zero-order valence-corrected chi connectivity index (χ0v) is 33.8. The molecule has 5 rings (SSSR count). The number of ether oxygens (including phenoxy) is 1. The number of alkyl halides is 1. The molecule has 0 bridgehead atoms. The third kappa shape index (κ3) is 11.5. The molecule has 59 heavy (non-hydrogen) atoms. The summed E-state index contributed by atoms with van der Waals surface area (Å²) < 4.78 is 6.25. The number of nitrogens with one attached hydrogen (secondary N) is 4. The third-order valence-corrected chi connectivity index (χ3v) is 10.6. The van der Waals surface area contributed by atoms with Gasteiger partial charge in [0.25, 0.3) is 11.8 Å². The average molecular weight is 832 g/mol. The summed E-state index contributed by atoms with van der Waals surface area (Å²) in [6, 6.07) is 13.6. The van der Waals surface area contributed by atoms with Crippen molar-refractivity contribution in [2.45, 2.75) is 77.0 Å². The number of anilines is 2. The van der Waals surface area contributed by atoms with Gasteiger partial charge in [0.2, 0.25) is 17.7 Å². The van der Waals surface area contributed by atoms with Crippen LogP contribution in [-0.4, -0.2) is 89.3 Å². The second kappa shape index (κ2) is 20.5. The van der Waals surface area contributed by atoms with Gasteiger partial charge < -0.3 is 36.8 Å². The number of halogens is 1. The van der Waals surface area contributed by atoms with Crippen molar-refractivity contribution >= 4 is 75.4 Å². The number of imide groups is 1. The molecule has 17 heteroatoms. The number of carboxylic acid groups (broad SMARTS) is 1. The van der Waals surface area contributed by atoms with Crippen LogP contribution < -0.4 is 36.6 Å². The Kier molecular flexibility index (Phi) is 15.3. The zero-order chi connectivity index (χ0) is 42.6. The summed E-state index contributed by atoms with van der Waals surface area (Å²) in [5.41, 5.74) is 7.84. The van der Waals surface area contributed by atoms with E-state index < -0.39 is 36.0 Å². The van der Waals surface area contributed by atoms with Crippen LogP contribution in [0.1, 0.15) is 69.4 Å². The van der Waals surface area contributed by atoms with E-state index in [1.807, 2.05) is 24.3 Å².